The second kappa shape index (κ2) is 12.0. The molecule has 1 fully saturated rings. The number of pyridine rings is 1. The third kappa shape index (κ3) is 5.50. The molecule has 0 aliphatic carbocycles. The van der Waals surface area contributed by atoms with Crippen molar-refractivity contribution in [2.45, 2.75) is 38.8 Å². The first kappa shape index (κ1) is 28.6. The first-order valence-electron chi connectivity index (χ1n) is 14.4. The van der Waals surface area contributed by atoms with Crippen LogP contribution in [0.15, 0.2) is 71.5 Å². The van der Waals surface area contributed by atoms with E-state index >= 15 is 0 Å². The molecule has 1 saturated heterocycles. The van der Waals surface area contributed by atoms with E-state index in [2.05, 4.69) is 32.6 Å². The fourth-order valence-corrected chi connectivity index (χ4v) is 5.41. The second-order valence-electron chi connectivity index (χ2n) is 10.6. The second-order valence-corrected chi connectivity index (χ2v) is 10.6. The number of imidazole rings is 1. The third-order valence-electron chi connectivity index (χ3n) is 7.53. The molecule has 44 heavy (non-hydrogen) atoms. The van der Waals surface area contributed by atoms with Crippen molar-refractivity contribution in [1.29, 1.82) is 0 Å². The van der Waals surface area contributed by atoms with Crippen molar-refractivity contribution in [1.82, 2.24) is 29.8 Å². The highest BCUT2D eigenvalue weighted by atomic mass is 16.5. The van der Waals surface area contributed by atoms with Crippen LogP contribution in [0.2, 0.25) is 0 Å². The molecule has 1 aliphatic rings. The molecule has 11 heteroatoms. The largest absolute Gasteiger partial charge is 0.382 e. The van der Waals surface area contributed by atoms with E-state index < -0.39 is 18.1 Å². The fraction of sp³-hybridized carbons (Fsp3) is 0.242. The Morgan fingerprint density at radius 1 is 1.14 bits per heavy atom. The van der Waals surface area contributed by atoms with Gasteiger partial charge in [-0.05, 0) is 68.5 Å². The van der Waals surface area contributed by atoms with Gasteiger partial charge in [0, 0.05) is 23.6 Å². The molecule has 0 spiro atoms. The van der Waals surface area contributed by atoms with E-state index in [-0.39, 0.29) is 29.5 Å². The van der Waals surface area contributed by atoms with Gasteiger partial charge in [-0.1, -0.05) is 42.2 Å². The molecular weight excluding hydrogens is 558 g/mol. The number of benzene rings is 2. The number of fused-ring (bicyclic) bond motifs is 2. The fourth-order valence-electron chi connectivity index (χ4n) is 5.41. The highest BCUT2D eigenvalue weighted by Crippen LogP contribution is 2.24. The number of carbonyl (C=O) groups excluding carboxylic acids is 2. The topological polar surface area (TPSA) is 146 Å². The Labute approximate surface area is 253 Å². The highest BCUT2D eigenvalue weighted by molar-refractivity contribution is 5.98. The van der Waals surface area contributed by atoms with Crippen LogP contribution in [0.5, 0.6) is 0 Å². The molecule has 2 atom stereocenters. The average Bonchev–Trinajstić information content (AvgIpc) is 3.67. The first-order chi connectivity index (χ1) is 21.3. The lowest BCUT2D eigenvalue weighted by molar-refractivity contribution is -0.129. The lowest BCUT2D eigenvalue weighted by Crippen LogP contribution is -2.34. The minimum absolute atomic E-state index is 0.0573. The number of nitrogens with two attached hydrogens (primary N) is 1. The van der Waals surface area contributed by atoms with E-state index in [0.29, 0.717) is 52.1 Å². The van der Waals surface area contributed by atoms with Gasteiger partial charge in [0.15, 0.2) is 17.2 Å². The van der Waals surface area contributed by atoms with Crippen LogP contribution in [0.1, 0.15) is 53.2 Å². The van der Waals surface area contributed by atoms with Gasteiger partial charge in [-0.2, -0.15) is 5.10 Å². The van der Waals surface area contributed by atoms with Crippen molar-refractivity contribution in [2.75, 3.05) is 18.9 Å². The molecule has 4 heterocycles. The number of hydrogen-bond acceptors (Lipinski definition) is 7. The summed E-state index contributed by atoms with van der Waals surface area (Å²) in [5, 5.41) is 11.3. The van der Waals surface area contributed by atoms with Gasteiger partial charge in [0.1, 0.15) is 6.10 Å². The smallest absolute Gasteiger partial charge is 0.274 e. The number of ether oxygens (including phenoxy) is 1. The number of nitrogens with one attached hydrogen (secondary N) is 2. The molecule has 2 aromatic carbocycles. The average molecular weight is 590 g/mol. The summed E-state index contributed by atoms with van der Waals surface area (Å²) in [6.07, 6.45) is 1.13. The van der Waals surface area contributed by atoms with E-state index in [0.717, 1.165) is 6.42 Å². The maximum atomic E-state index is 14.2. The Bertz CT molecular complexity index is 2020. The van der Waals surface area contributed by atoms with Crippen molar-refractivity contribution >= 4 is 34.1 Å². The number of aromatic nitrogens is 4. The first-order valence-corrected chi connectivity index (χ1v) is 14.4. The molecule has 0 bridgehead atoms. The zero-order valence-electron chi connectivity index (χ0n) is 24.3. The number of hydrogen-bond donors (Lipinski definition) is 3. The Morgan fingerprint density at radius 3 is 2.73 bits per heavy atom. The summed E-state index contributed by atoms with van der Waals surface area (Å²) in [5.74, 6) is 5.43. The molecular formula is C33H31N7O4. The normalized spacial score (nSPS) is 15.1. The van der Waals surface area contributed by atoms with E-state index in [1.807, 2.05) is 55.5 Å². The van der Waals surface area contributed by atoms with E-state index in [9.17, 15) is 14.4 Å². The number of para-hydroxylation sites is 1. The minimum Gasteiger partial charge on any atom is -0.382 e. The monoisotopic (exact) mass is 589 g/mol. The lowest BCUT2D eigenvalue weighted by Gasteiger charge is -2.21. The van der Waals surface area contributed by atoms with Crippen LogP contribution in [-0.4, -0.2) is 50.2 Å². The lowest BCUT2D eigenvalue weighted by atomic mass is 10.0. The molecule has 6 rings (SSSR count). The Hall–Kier alpha value is -5.47. The summed E-state index contributed by atoms with van der Waals surface area (Å²) in [5.41, 5.74) is 8.84. The molecule has 1 aliphatic heterocycles. The third-order valence-corrected chi connectivity index (χ3v) is 7.53. The van der Waals surface area contributed by atoms with Crippen LogP contribution in [-0.2, 0) is 9.53 Å². The van der Waals surface area contributed by atoms with Gasteiger partial charge in [0.2, 0.25) is 5.91 Å². The highest BCUT2D eigenvalue weighted by Gasteiger charge is 2.24. The zero-order chi connectivity index (χ0) is 30.8. The van der Waals surface area contributed by atoms with Gasteiger partial charge < -0.3 is 21.1 Å². The molecule has 3 aromatic heterocycles. The molecule has 2 amide bonds. The van der Waals surface area contributed by atoms with Gasteiger partial charge in [0.05, 0.1) is 23.7 Å². The molecule has 11 nitrogen and oxygen atoms in total. The summed E-state index contributed by atoms with van der Waals surface area (Å²) < 4.78 is 8.42. The summed E-state index contributed by atoms with van der Waals surface area (Å²) in [6.45, 7) is 4.33. The molecule has 0 unspecified atom stereocenters. The molecule has 222 valence electrons. The van der Waals surface area contributed by atoms with Crippen molar-refractivity contribution in [3.05, 3.63) is 99.7 Å². The molecule has 5 aromatic rings. The van der Waals surface area contributed by atoms with E-state index in [4.69, 9.17) is 10.5 Å². The SMILES string of the molecule is Cc1ccc2nc(N)c(C(=O)N[C@H](C)c3cc4cccc(C#CCNC(=O)[C@H]5CCCO5)c4c(=O)n3-c3ccccc3)n2n1. The van der Waals surface area contributed by atoms with Crippen molar-refractivity contribution in [2.24, 2.45) is 0 Å². The Balaban J connectivity index is 1.36. The quantitative estimate of drug-likeness (QED) is 0.258. The maximum Gasteiger partial charge on any atom is 0.274 e. The van der Waals surface area contributed by atoms with Crippen LogP contribution in [0.3, 0.4) is 0 Å². The van der Waals surface area contributed by atoms with Crippen molar-refractivity contribution < 1.29 is 14.3 Å². The molecule has 0 saturated carbocycles. The minimum atomic E-state index is -0.614. The number of rotatable bonds is 6. The standard InChI is InChI=1S/C33H31N7O4/c1-20-15-16-27-37-30(34)29(40(27)38-20)32(42)36-21(2)25-19-23-10-6-9-22(11-7-17-35-31(41)26-14-8-18-44-26)28(23)33(43)39(25)24-12-4-3-5-13-24/h3-6,9-10,12-13,15-16,19,21,26H,8,14,17-18,34H2,1-2H3,(H,35,41)(H,36,42)/t21-,26-/m1/s1. The number of nitrogen functional groups attached to an aromatic ring is 1. The molecule has 0 radical (unpaired) electrons. The Kier molecular flexibility index (Phi) is 7.83. The van der Waals surface area contributed by atoms with Crippen molar-refractivity contribution in [3.8, 4) is 17.5 Å². The van der Waals surface area contributed by atoms with Crippen LogP contribution >= 0.6 is 0 Å². The molecule has 4 N–H and O–H groups in total. The predicted octanol–water partition coefficient (Wildman–Crippen LogP) is 3.06. The Morgan fingerprint density at radius 2 is 1.95 bits per heavy atom. The maximum absolute atomic E-state index is 14.2. The van der Waals surface area contributed by atoms with Crippen LogP contribution in [0, 0.1) is 18.8 Å². The summed E-state index contributed by atoms with van der Waals surface area (Å²) in [7, 11) is 0. The van der Waals surface area contributed by atoms with Gasteiger partial charge >= 0.3 is 0 Å². The van der Waals surface area contributed by atoms with Gasteiger partial charge in [-0.15, -0.1) is 0 Å². The summed E-state index contributed by atoms with van der Waals surface area (Å²) in [4.78, 5) is 44.3. The van der Waals surface area contributed by atoms with Crippen LogP contribution in [0.4, 0.5) is 5.82 Å². The summed E-state index contributed by atoms with van der Waals surface area (Å²) in [6, 6.07) is 19.4. The van der Waals surface area contributed by atoms with E-state index in [1.54, 1.807) is 29.7 Å². The van der Waals surface area contributed by atoms with Crippen molar-refractivity contribution in [3.63, 3.8) is 0 Å². The predicted molar refractivity (Wildman–Crippen MR) is 166 cm³/mol. The number of amides is 2. The number of carbonyl (C=O) groups is 2. The number of anilines is 1. The van der Waals surface area contributed by atoms with Crippen LogP contribution in [0.25, 0.3) is 22.1 Å². The zero-order valence-corrected chi connectivity index (χ0v) is 24.3. The van der Waals surface area contributed by atoms with Gasteiger partial charge in [-0.25, -0.2) is 9.50 Å². The van der Waals surface area contributed by atoms with Gasteiger partial charge in [0.25, 0.3) is 11.5 Å². The van der Waals surface area contributed by atoms with Crippen LogP contribution < -0.4 is 21.9 Å². The number of aryl methyl sites for hydroxylation is 1. The number of nitrogens with zero attached hydrogens (tertiary/aromatic N) is 4. The van der Waals surface area contributed by atoms with Gasteiger partial charge in [-0.3, -0.25) is 19.0 Å². The van der Waals surface area contributed by atoms with E-state index in [1.165, 1.54) is 4.52 Å². The summed E-state index contributed by atoms with van der Waals surface area (Å²) >= 11 is 0.